The Morgan fingerprint density at radius 1 is 1.13 bits per heavy atom. The van der Waals surface area contributed by atoms with Crippen LogP contribution in [0, 0.1) is 12.4 Å². The van der Waals surface area contributed by atoms with Crippen molar-refractivity contribution in [1.82, 2.24) is 9.55 Å². The van der Waals surface area contributed by atoms with Crippen LogP contribution in [0.2, 0.25) is 0 Å². The molecule has 1 aromatic heterocycles. The molecular weight excluding hydrogens is 506 g/mol. The molecule has 1 aliphatic rings. The normalized spacial score (nSPS) is 14.4. The number of hydrogen-bond acceptors (Lipinski definition) is 6. The Morgan fingerprint density at radius 2 is 1.79 bits per heavy atom. The largest absolute Gasteiger partial charge is 0.491 e. The molecule has 0 radical (unpaired) electrons. The molecule has 0 bridgehead atoms. The summed E-state index contributed by atoms with van der Waals surface area (Å²) in [7, 11) is 0. The van der Waals surface area contributed by atoms with E-state index >= 15 is 0 Å². The third-order valence-electron chi connectivity index (χ3n) is 6.15. The van der Waals surface area contributed by atoms with Crippen molar-refractivity contribution in [3.8, 4) is 28.1 Å². The van der Waals surface area contributed by atoms with Gasteiger partial charge in [0.05, 0.1) is 24.4 Å². The number of piperidine rings is 1. The first kappa shape index (κ1) is 27.1. The molecule has 2 heterocycles. The van der Waals surface area contributed by atoms with Crippen LogP contribution < -0.4 is 20.9 Å². The summed E-state index contributed by atoms with van der Waals surface area (Å²) in [4.78, 5) is 23.0. The van der Waals surface area contributed by atoms with Gasteiger partial charge in [0, 0.05) is 24.7 Å². The molecule has 1 aliphatic heterocycles. The predicted octanol–water partition coefficient (Wildman–Crippen LogP) is 4.13. The number of rotatable bonds is 7. The van der Waals surface area contributed by atoms with E-state index < -0.39 is 24.1 Å². The summed E-state index contributed by atoms with van der Waals surface area (Å²) in [6.45, 7) is 5.95. The van der Waals surface area contributed by atoms with E-state index in [0.29, 0.717) is 36.2 Å². The molecule has 200 valence electrons. The Balaban J connectivity index is 1.96. The molecule has 1 fully saturated rings. The Morgan fingerprint density at radius 3 is 2.37 bits per heavy atom. The standard InChI is InChI=1S/C26H25F4N5O3/c1-32-21-7-4-17(14-20(21)27)23-22(16-2-5-19(6-3-16)38-13-12-36)24(37)35(15-26(28,29)30)25(33-23)34-10-8-18(31)9-11-34/h2-7,14,18,36H,8-13,15,31H2. The van der Waals surface area contributed by atoms with Crippen molar-refractivity contribution < 1.29 is 27.4 Å². The van der Waals surface area contributed by atoms with E-state index in [0.717, 1.165) is 6.07 Å². The number of ether oxygens (including phenoxy) is 1. The molecule has 0 aliphatic carbocycles. The fourth-order valence-corrected chi connectivity index (χ4v) is 4.30. The summed E-state index contributed by atoms with van der Waals surface area (Å²) < 4.78 is 61.5. The van der Waals surface area contributed by atoms with Gasteiger partial charge in [-0.1, -0.05) is 24.3 Å². The lowest BCUT2D eigenvalue weighted by atomic mass is 9.99. The monoisotopic (exact) mass is 531 g/mol. The summed E-state index contributed by atoms with van der Waals surface area (Å²) in [6, 6.07) is 9.54. The summed E-state index contributed by atoms with van der Waals surface area (Å²) in [5.74, 6) is -0.653. The Kier molecular flexibility index (Phi) is 7.99. The van der Waals surface area contributed by atoms with Gasteiger partial charge in [0.1, 0.15) is 24.7 Å². The molecule has 2 aromatic carbocycles. The predicted molar refractivity (Wildman–Crippen MR) is 134 cm³/mol. The zero-order valence-electron chi connectivity index (χ0n) is 20.2. The molecule has 4 rings (SSSR count). The van der Waals surface area contributed by atoms with Crippen LogP contribution in [0.15, 0.2) is 47.3 Å². The van der Waals surface area contributed by atoms with Crippen LogP contribution in [0.3, 0.4) is 0 Å². The third-order valence-corrected chi connectivity index (χ3v) is 6.15. The number of benzene rings is 2. The van der Waals surface area contributed by atoms with Crippen molar-refractivity contribution in [1.29, 1.82) is 0 Å². The number of hydrogen-bond donors (Lipinski definition) is 2. The Labute approximate surface area is 215 Å². The van der Waals surface area contributed by atoms with E-state index in [1.807, 2.05) is 0 Å². The highest BCUT2D eigenvalue weighted by Crippen LogP contribution is 2.34. The highest BCUT2D eigenvalue weighted by molar-refractivity contribution is 5.82. The number of aliphatic hydroxyl groups is 1. The minimum absolute atomic E-state index is 0.0160. The maximum absolute atomic E-state index is 14.6. The van der Waals surface area contributed by atoms with Crippen molar-refractivity contribution in [2.45, 2.75) is 31.6 Å². The van der Waals surface area contributed by atoms with Crippen LogP contribution in [0.4, 0.5) is 29.2 Å². The van der Waals surface area contributed by atoms with E-state index in [1.54, 1.807) is 4.90 Å². The SMILES string of the molecule is [C-]#[N+]c1ccc(-c2nc(N3CCC(N)CC3)n(CC(F)(F)F)c(=O)c2-c2ccc(OCCO)cc2)cc1F. The third kappa shape index (κ3) is 5.95. The minimum atomic E-state index is -4.71. The van der Waals surface area contributed by atoms with E-state index in [9.17, 15) is 22.4 Å². The maximum Gasteiger partial charge on any atom is 0.406 e. The Hall–Kier alpha value is -3.95. The molecule has 0 spiro atoms. The maximum atomic E-state index is 14.6. The van der Waals surface area contributed by atoms with Crippen LogP contribution in [-0.2, 0) is 6.54 Å². The minimum Gasteiger partial charge on any atom is -0.491 e. The van der Waals surface area contributed by atoms with Gasteiger partial charge in [0.2, 0.25) is 11.6 Å². The fourth-order valence-electron chi connectivity index (χ4n) is 4.30. The lowest BCUT2D eigenvalue weighted by Crippen LogP contribution is -2.44. The van der Waals surface area contributed by atoms with Crippen molar-refractivity contribution in [3.63, 3.8) is 0 Å². The highest BCUT2D eigenvalue weighted by Gasteiger charge is 2.33. The number of aliphatic hydroxyl groups excluding tert-OH is 1. The molecule has 3 aromatic rings. The van der Waals surface area contributed by atoms with Crippen LogP contribution >= 0.6 is 0 Å². The zero-order valence-corrected chi connectivity index (χ0v) is 20.2. The van der Waals surface area contributed by atoms with Gasteiger partial charge >= 0.3 is 6.18 Å². The fraction of sp³-hybridized carbons (Fsp3) is 0.346. The lowest BCUT2D eigenvalue weighted by molar-refractivity contribution is -0.141. The Bertz CT molecular complexity index is 1390. The van der Waals surface area contributed by atoms with Gasteiger partial charge in [0.15, 0.2) is 0 Å². The second-order valence-corrected chi connectivity index (χ2v) is 8.84. The van der Waals surface area contributed by atoms with Gasteiger partial charge in [-0.15, -0.1) is 0 Å². The van der Waals surface area contributed by atoms with Crippen LogP contribution in [0.5, 0.6) is 5.75 Å². The molecular formula is C26H25F4N5O3. The molecule has 0 unspecified atom stereocenters. The molecule has 0 amide bonds. The van der Waals surface area contributed by atoms with Crippen molar-refractivity contribution in [2.24, 2.45) is 5.73 Å². The van der Waals surface area contributed by atoms with Crippen molar-refractivity contribution in [2.75, 3.05) is 31.2 Å². The molecule has 0 saturated carbocycles. The topological polar surface area (TPSA) is 98.0 Å². The van der Waals surface area contributed by atoms with Crippen LogP contribution in [-0.4, -0.2) is 53.2 Å². The second kappa shape index (κ2) is 11.2. The van der Waals surface area contributed by atoms with Crippen molar-refractivity contribution >= 4 is 11.6 Å². The molecule has 3 N–H and O–H groups in total. The lowest BCUT2D eigenvalue weighted by Gasteiger charge is -2.33. The molecule has 38 heavy (non-hydrogen) atoms. The molecule has 8 nitrogen and oxygen atoms in total. The van der Waals surface area contributed by atoms with Gasteiger partial charge in [0.25, 0.3) is 5.56 Å². The van der Waals surface area contributed by atoms with E-state index in [4.69, 9.17) is 22.1 Å². The quantitative estimate of drug-likeness (QED) is 0.352. The van der Waals surface area contributed by atoms with E-state index in [2.05, 4.69) is 9.83 Å². The number of alkyl halides is 3. The summed E-state index contributed by atoms with van der Waals surface area (Å²) >= 11 is 0. The highest BCUT2D eigenvalue weighted by atomic mass is 19.4. The first-order chi connectivity index (χ1) is 18.1. The number of aromatic nitrogens is 2. The molecule has 1 saturated heterocycles. The molecule has 0 atom stereocenters. The second-order valence-electron chi connectivity index (χ2n) is 8.84. The summed E-state index contributed by atoms with van der Waals surface area (Å²) in [6.07, 6.45) is -3.71. The smallest absolute Gasteiger partial charge is 0.406 e. The average molecular weight is 532 g/mol. The van der Waals surface area contributed by atoms with Gasteiger partial charge < -0.3 is 20.5 Å². The van der Waals surface area contributed by atoms with Crippen LogP contribution in [0.1, 0.15) is 12.8 Å². The average Bonchev–Trinajstić information content (AvgIpc) is 2.88. The van der Waals surface area contributed by atoms with E-state index in [-0.39, 0.29) is 53.3 Å². The molecule has 12 heteroatoms. The van der Waals surface area contributed by atoms with Gasteiger partial charge in [-0.25, -0.2) is 14.2 Å². The van der Waals surface area contributed by atoms with Crippen LogP contribution in [0.25, 0.3) is 27.2 Å². The van der Waals surface area contributed by atoms with Gasteiger partial charge in [-0.2, -0.15) is 13.2 Å². The van der Waals surface area contributed by atoms with Gasteiger partial charge in [-0.3, -0.25) is 9.36 Å². The number of nitrogens with zero attached hydrogens (tertiary/aromatic N) is 4. The number of halogens is 4. The first-order valence-corrected chi connectivity index (χ1v) is 11.8. The number of anilines is 1. The first-order valence-electron chi connectivity index (χ1n) is 11.8. The van der Waals surface area contributed by atoms with Gasteiger partial charge in [-0.05, 0) is 36.6 Å². The number of nitrogens with two attached hydrogens (primary N) is 1. The summed E-state index contributed by atoms with van der Waals surface area (Å²) in [5, 5.41) is 8.96. The van der Waals surface area contributed by atoms with Crippen molar-refractivity contribution in [3.05, 3.63) is 70.1 Å². The van der Waals surface area contributed by atoms with E-state index in [1.165, 1.54) is 36.4 Å². The summed E-state index contributed by atoms with van der Waals surface area (Å²) in [5.41, 5.74) is 4.98. The zero-order chi connectivity index (χ0) is 27.4.